The summed E-state index contributed by atoms with van der Waals surface area (Å²) in [6.45, 7) is 0. The summed E-state index contributed by atoms with van der Waals surface area (Å²) < 4.78 is 5.32. The Kier molecular flexibility index (Phi) is 3.78. The highest BCUT2D eigenvalue weighted by Crippen LogP contribution is 2.31. The zero-order chi connectivity index (χ0) is 13.8. The quantitative estimate of drug-likeness (QED) is 0.924. The number of hydrogen-bond acceptors (Lipinski definition) is 5. The number of rotatable bonds is 4. The minimum absolute atomic E-state index is 0.143. The number of nitrogens with one attached hydrogen (secondary N) is 1. The number of methoxy groups -OCH3 is 1. The van der Waals surface area contributed by atoms with Gasteiger partial charge in [0.05, 0.1) is 24.5 Å². The van der Waals surface area contributed by atoms with Gasteiger partial charge in [0.25, 0.3) is 0 Å². The molecule has 0 fully saturated rings. The van der Waals surface area contributed by atoms with E-state index >= 15 is 0 Å². The van der Waals surface area contributed by atoms with Crippen molar-refractivity contribution in [1.82, 2.24) is 4.98 Å². The standard InChI is InChI=1S/C15H15N3OS/c1-19-14-8-3-2-7-12(14)17-15-18-13(10-20-15)11-6-4-5-9-16-11/h2-5,7-11H,6H2,1H3,(H,17,18). The molecule has 1 atom stereocenters. The van der Waals surface area contributed by atoms with Crippen LogP contribution in [0.2, 0.25) is 0 Å². The van der Waals surface area contributed by atoms with E-state index in [4.69, 9.17) is 4.74 Å². The maximum Gasteiger partial charge on any atom is 0.187 e. The number of aliphatic imine (C=N–C) groups is 1. The van der Waals surface area contributed by atoms with E-state index in [9.17, 15) is 0 Å². The first-order chi connectivity index (χ1) is 9.86. The lowest BCUT2D eigenvalue weighted by Crippen LogP contribution is -1.99. The molecule has 1 aliphatic heterocycles. The number of thiazole rings is 1. The topological polar surface area (TPSA) is 46.5 Å². The van der Waals surface area contributed by atoms with E-state index < -0.39 is 0 Å². The third-order valence-corrected chi connectivity index (χ3v) is 3.84. The average Bonchev–Trinajstić information content (AvgIpc) is 2.97. The third-order valence-electron chi connectivity index (χ3n) is 3.06. The fraction of sp³-hybridized carbons (Fsp3) is 0.200. The molecule has 0 bridgehead atoms. The Hall–Kier alpha value is -2.14. The van der Waals surface area contributed by atoms with Gasteiger partial charge in [0.1, 0.15) is 5.75 Å². The van der Waals surface area contributed by atoms with Crippen molar-refractivity contribution in [3.05, 3.63) is 47.5 Å². The molecule has 1 aromatic heterocycles. The van der Waals surface area contributed by atoms with E-state index in [1.165, 1.54) is 0 Å². The number of anilines is 2. The molecular weight excluding hydrogens is 270 g/mol. The van der Waals surface area contributed by atoms with Crippen molar-refractivity contribution in [3.8, 4) is 5.75 Å². The van der Waals surface area contributed by atoms with E-state index in [1.54, 1.807) is 18.4 Å². The van der Waals surface area contributed by atoms with Gasteiger partial charge in [0, 0.05) is 11.6 Å². The van der Waals surface area contributed by atoms with Crippen molar-refractivity contribution in [2.24, 2.45) is 4.99 Å². The summed E-state index contributed by atoms with van der Waals surface area (Å²) in [5, 5.41) is 6.21. The molecular formula is C15H15N3OS. The normalized spacial score (nSPS) is 17.1. The summed E-state index contributed by atoms with van der Waals surface area (Å²) >= 11 is 1.58. The molecule has 5 heteroatoms. The number of dihydropyridines is 1. The second-order valence-corrected chi connectivity index (χ2v) is 5.24. The largest absolute Gasteiger partial charge is 0.495 e. The van der Waals surface area contributed by atoms with Crippen LogP contribution in [0.3, 0.4) is 0 Å². The number of ether oxygens (including phenoxy) is 1. The average molecular weight is 285 g/mol. The van der Waals surface area contributed by atoms with E-state index in [0.29, 0.717) is 0 Å². The van der Waals surface area contributed by atoms with E-state index in [-0.39, 0.29) is 6.04 Å². The summed E-state index contributed by atoms with van der Waals surface area (Å²) in [5.41, 5.74) is 1.93. The molecule has 0 aliphatic carbocycles. The van der Waals surface area contributed by atoms with Crippen LogP contribution >= 0.6 is 11.3 Å². The van der Waals surface area contributed by atoms with E-state index in [1.807, 2.05) is 36.6 Å². The Morgan fingerprint density at radius 1 is 1.35 bits per heavy atom. The highest BCUT2D eigenvalue weighted by atomic mass is 32.1. The summed E-state index contributed by atoms with van der Waals surface area (Å²) in [4.78, 5) is 9.04. The van der Waals surface area contributed by atoms with Gasteiger partial charge >= 0.3 is 0 Å². The van der Waals surface area contributed by atoms with E-state index in [2.05, 4.69) is 26.7 Å². The first kappa shape index (κ1) is 12.9. The van der Waals surface area contributed by atoms with Crippen LogP contribution < -0.4 is 10.1 Å². The van der Waals surface area contributed by atoms with Crippen molar-refractivity contribution in [2.45, 2.75) is 12.5 Å². The molecule has 0 radical (unpaired) electrons. The molecule has 1 aliphatic rings. The van der Waals surface area contributed by atoms with Gasteiger partial charge in [-0.3, -0.25) is 4.99 Å². The molecule has 1 unspecified atom stereocenters. The predicted molar refractivity (Wildman–Crippen MR) is 83.4 cm³/mol. The van der Waals surface area contributed by atoms with Crippen molar-refractivity contribution >= 4 is 28.4 Å². The first-order valence-electron chi connectivity index (χ1n) is 6.40. The van der Waals surface area contributed by atoms with Crippen LogP contribution in [-0.4, -0.2) is 18.3 Å². The van der Waals surface area contributed by atoms with Crippen LogP contribution in [0, 0.1) is 0 Å². The molecule has 20 heavy (non-hydrogen) atoms. The highest BCUT2D eigenvalue weighted by Gasteiger charge is 2.14. The molecule has 3 rings (SSSR count). The fourth-order valence-electron chi connectivity index (χ4n) is 2.04. The van der Waals surface area contributed by atoms with Gasteiger partial charge in [0.2, 0.25) is 0 Å². The smallest absolute Gasteiger partial charge is 0.187 e. The Labute approximate surface area is 121 Å². The lowest BCUT2D eigenvalue weighted by molar-refractivity contribution is 0.417. The SMILES string of the molecule is COc1ccccc1Nc1nc(C2CC=CC=N2)cs1. The zero-order valence-corrected chi connectivity index (χ0v) is 11.9. The second-order valence-electron chi connectivity index (χ2n) is 4.38. The van der Waals surface area contributed by atoms with Gasteiger partial charge in [-0.1, -0.05) is 18.2 Å². The third kappa shape index (κ3) is 2.72. The van der Waals surface area contributed by atoms with Gasteiger partial charge in [0.15, 0.2) is 5.13 Å². The minimum atomic E-state index is 0.143. The van der Waals surface area contributed by atoms with Crippen LogP contribution in [0.5, 0.6) is 5.75 Å². The zero-order valence-electron chi connectivity index (χ0n) is 11.1. The summed E-state index contributed by atoms with van der Waals surface area (Å²) in [6.07, 6.45) is 6.83. The lowest BCUT2D eigenvalue weighted by atomic mass is 10.1. The molecule has 1 N–H and O–H groups in total. The number of allylic oxidation sites excluding steroid dienone is 1. The maximum atomic E-state index is 5.32. The predicted octanol–water partition coefficient (Wildman–Crippen LogP) is 3.97. The minimum Gasteiger partial charge on any atom is -0.495 e. The van der Waals surface area contributed by atoms with Crippen LogP contribution in [0.1, 0.15) is 18.2 Å². The molecule has 102 valence electrons. The van der Waals surface area contributed by atoms with Crippen molar-refractivity contribution in [1.29, 1.82) is 0 Å². The Balaban J connectivity index is 1.77. The summed E-state index contributed by atoms with van der Waals surface area (Å²) in [7, 11) is 1.66. The maximum absolute atomic E-state index is 5.32. The molecule has 0 saturated carbocycles. The number of para-hydroxylation sites is 2. The Morgan fingerprint density at radius 2 is 2.25 bits per heavy atom. The van der Waals surface area contributed by atoms with Gasteiger partial charge in [-0.15, -0.1) is 11.3 Å². The lowest BCUT2D eigenvalue weighted by Gasteiger charge is -2.10. The number of nitrogens with zero attached hydrogens (tertiary/aromatic N) is 2. The highest BCUT2D eigenvalue weighted by molar-refractivity contribution is 7.13. The summed E-state index contributed by atoms with van der Waals surface area (Å²) in [6, 6.07) is 7.95. The molecule has 2 aromatic rings. The fourth-order valence-corrected chi connectivity index (χ4v) is 2.81. The molecule has 0 amide bonds. The molecule has 2 heterocycles. The van der Waals surface area contributed by atoms with Gasteiger partial charge in [-0.05, 0) is 24.6 Å². The van der Waals surface area contributed by atoms with Crippen molar-refractivity contribution < 1.29 is 4.74 Å². The Morgan fingerprint density at radius 3 is 3.05 bits per heavy atom. The van der Waals surface area contributed by atoms with Crippen LogP contribution in [0.4, 0.5) is 10.8 Å². The molecule has 1 aromatic carbocycles. The summed E-state index contributed by atoms with van der Waals surface area (Å²) in [5.74, 6) is 0.808. The monoisotopic (exact) mass is 285 g/mol. The molecule has 4 nitrogen and oxygen atoms in total. The van der Waals surface area contributed by atoms with E-state index in [0.717, 1.165) is 28.7 Å². The van der Waals surface area contributed by atoms with Gasteiger partial charge in [-0.25, -0.2) is 4.98 Å². The van der Waals surface area contributed by atoms with Crippen molar-refractivity contribution in [2.75, 3.05) is 12.4 Å². The molecule has 0 spiro atoms. The first-order valence-corrected chi connectivity index (χ1v) is 7.28. The van der Waals surface area contributed by atoms with Gasteiger partial charge < -0.3 is 10.1 Å². The Bertz CT molecular complexity index is 648. The van der Waals surface area contributed by atoms with Crippen LogP contribution in [0.25, 0.3) is 0 Å². The van der Waals surface area contributed by atoms with Crippen LogP contribution in [-0.2, 0) is 0 Å². The number of hydrogen-bond donors (Lipinski definition) is 1. The van der Waals surface area contributed by atoms with Crippen molar-refractivity contribution in [3.63, 3.8) is 0 Å². The van der Waals surface area contributed by atoms with Crippen LogP contribution in [0.15, 0.2) is 46.8 Å². The number of benzene rings is 1. The van der Waals surface area contributed by atoms with Gasteiger partial charge in [-0.2, -0.15) is 0 Å². The molecule has 0 saturated heterocycles. The number of aromatic nitrogens is 1. The second kappa shape index (κ2) is 5.88.